The number of carboxylic acids is 1. The highest BCUT2D eigenvalue weighted by atomic mass is 32.2. The van der Waals surface area contributed by atoms with Crippen molar-refractivity contribution in [3.63, 3.8) is 0 Å². The molecule has 738 valence electrons. The third-order valence-electron chi connectivity index (χ3n) is 24.5. The third kappa shape index (κ3) is 29.2. The number of ether oxygens (including phenoxy) is 1. The fraction of sp³-hybridized carbons (Fsp3) is 0.527. The number of primary amides is 2. The van der Waals surface area contributed by atoms with Crippen LogP contribution in [0.5, 0.6) is 5.75 Å². The van der Waals surface area contributed by atoms with E-state index in [-0.39, 0.29) is 89.5 Å². The lowest BCUT2D eigenvalue weighted by Crippen LogP contribution is -2.61. The standard InChI is InChI=1S/C91H127N23O21S/c1-8-10-23-70-84(127)103-61(22-16-33-92)80(123)109-69(79(122)99-45-75(95)117)47-136-48-76(118)101-66(36-51-26-28-56(135-7)29-27-51)87(130)110(4)50(3)78(121)107-68(41-74(94)116)90(133)113-35-17-25-71(113)85(128)106-65(39-54-44-96-49-100-54)83(126)104-63(30-31-77(119)120)89(132)114-46-55(115)40-73(114)86(129)105-64(37-52-42-97-59-20-14-12-18-57(52)59)82(125)102-62(32-34-93)81(124)108-67(38-53-43-98-60-21-15-13-19-58(53)60)88(131)112(6)72(24-11-9-2)91(134)111(70)5/h12-15,18-21,26-29,42-44,49-50,55,61-73,97-98,115H,8-11,16-17,22-25,30-41,45-48,92-93H2,1-7H3,(H2,94,116)(H2,95,117)(H,96,100)(H,99,122)(H,101,118)(H,102,125)(H,103,127)(H,104,126)(H,105,129)(H,106,128)(H,107,121)(H,108,124)(H,109,123)(H,119,120)/t50-,55+,61-,62?,63-,64-,65-,66-,67-,68-,69-,70-,71-,72-,73-/m0/s1. The van der Waals surface area contributed by atoms with Crippen LogP contribution < -0.4 is 80.8 Å². The molecule has 17 amide bonds. The smallest absolute Gasteiger partial charge is 0.303 e. The molecule has 9 rings (SSSR count). The quantitative estimate of drug-likeness (QED) is 0.0233. The molecule has 0 aliphatic carbocycles. The van der Waals surface area contributed by atoms with Crippen molar-refractivity contribution in [1.82, 2.24) is 97.6 Å². The molecule has 3 saturated heterocycles. The fourth-order valence-electron chi connectivity index (χ4n) is 16.8. The molecule has 1 unspecified atom stereocenters. The van der Waals surface area contributed by atoms with Crippen molar-refractivity contribution in [3.8, 4) is 5.75 Å². The summed E-state index contributed by atoms with van der Waals surface area (Å²) in [6.45, 7) is 3.29. The maximum absolute atomic E-state index is 15.8. The molecular weight excluding hydrogens is 1780 g/mol. The summed E-state index contributed by atoms with van der Waals surface area (Å²) >= 11 is 0.791. The number of benzene rings is 3. The number of nitrogens with one attached hydrogen (secondary N) is 13. The number of carbonyl (C=O) groups excluding carboxylic acids is 17. The number of aliphatic hydroxyl groups excluding tert-OH is 1. The van der Waals surface area contributed by atoms with Gasteiger partial charge in [-0.05, 0) is 112 Å². The molecule has 136 heavy (non-hydrogen) atoms. The highest BCUT2D eigenvalue weighted by molar-refractivity contribution is 8.00. The van der Waals surface area contributed by atoms with Gasteiger partial charge in [0.1, 0.15) is 90.3 Å². The van der Waals surface area contributed by atoms with E-state index in [1.165, 1.54) is 57.5 Å². The van der Waals surface area contributed by atoms with E-state index in [0.29, 0.717) is 69.9 Å². The van der Waals surface area contributed by atoms with E-state index >= 15 is 38.4 Å². The second kappa shape index (κ2) is 51.2. The number of aromatic nitrogens is 4. The van der Waals surface area contributed by atoms with Gasteiger partial charge in [-0.1, -0.05) is 88.1 Å². The minimum absolute atomic E-state index is 0.00441. The van der Waals surface area contributed by atoms with Crippen LogP contribution in [0.25, 0.3) is 21.8 Å². The van der Waals surface area contributed by atoms with Crippen LogP contribution >= 0.6 is 11.8 Å². The lowest BCUT2D eigenvalue weighted by Gasteiger charge is -2.36. The van der Waals surface area contributed by atoms with E-state index in [0.717, 1.165) is 26.5 Å². The molecule has 6 heterocycles. The Hall–Kier alpha value is -13.6. The summed E-state index contributed by atoms with van der Waals surface area (Å²) in [6.07, 6.45) is 2.00. The minimum atomic E-state index is -1.83. The fourth-order valence-corrected chi connectivity index (χ4v) is 17.6. The van der Waals surface area contributed by atoms with E-state index in [1.807, 2.05) is 13.8 Å². The summed E-state index contributed by atoms with van der Waals surface area (Å²) in [6, 6.07) is -1.43. The number of nitrogens with two attached hydrogens (primary N) is 4. The summed E-state index contributed by atoms with van der Waals surface area (Å²) in [4.78, 5) is 282. The van der Waals surface area contributed by atoms with Crippen molar-refractivity contribution in [1.29, 1.82) is 0 Å². The number of thioether (sulfide) groups is 1. The van der Waals surface area contributed by atoms with Crippen molar-refractivity contribution in [3.05, 3.63) is 120 Å². The largest absolute Gasteiger partial charge is 0.497 e. The number of aliphatic hydroxyl groups is 1. The maximum Gasteiger partial charge on any atom is 0.303 e. The van der Waals surface area contributed by atoms with Gasteiger partial charge in [0.05, 0.1) is 38.3 Å². The number of methoxy groups -OCH3 is 1. The second-order valence-electron chi connectivity index (χ2n) is 34.3. The van der Waals surface area contributed by atoms with E-state index < -0.39 is 254 Å². The number of unbranched alkanes of at least 4 members (excludes halogenated alkanes) is 2. The van der Waals surface area contributed by atoms with Crippen molar-refractivity contribution in [2.75, 3.05) is 72.5 Å². The predicted molar refractivity (Wildman–Crippen MR) is 498 cm³/mol. The Morgan fingerprint density at radius 1 is 0.529 bits per heavy atom. The highest BCUT2D eigenvalue weighted by Crippen LogP contribution is 2.28. The Morgan fingerprint density at radius 3 is 1.66 bits per heavy atom. The van der Waals surface area contributed by atoms with Crippen molar-refractivity contribution >= 4 is 140 Å². The molecule has 0 spiro atoms. The van der Waals surface area contributed by atoms with Crippen LogP contribution in [0.4, 0.5) is 0 Å². The molecule has 3 aromatic carbocycles. The molecule has 3 fully saturated rings. The predicted octanol–water partition coefficient (Wildman–Crippen LogP) is -2.97. The van der Waals surface area contributed by atoms with Gasteiger partial charge >= 0.3 is 5.97 Å². The lowest BCUT2D eigenvalue weighted by molar-refractivity contribution is -0.149. The number of carboxylic acid groups (broad SMARTS) is 1. The topological polar surface area (TPSA) is 658 Å². The first-order chi connectivity index (χ1) is 65.0. The molecule has 3 aliphatic rings. The number of likely N-dealkylation sites (N-methyl/N-ethyl adjacent to an activating group) is 3. The van der Waals surface area contributed by atoms with Crippen LogP contribution in [0.1, 0.15) is 139 Å². The Balaban J connectivity index is 1.11. The molecule has 3 aliphatic heterocycles. The van der Waals surface area contributed by atoms with E-state index in [2.05, 4.69) is 73.1 Å². The Bertz CT molecular complexity index is 5230. The van der Waals surface area contributed by atoms with E-state index in [1.54, 1.807) is 85.2 Å². The zero-order valence-electron chi connectivity index (χ0n) is 77.3. The third-order valence-corrected chi connectivity index (χ3v) is 25.5. The van der Waals surface area contributed by atoms with Crippen LogP contribution in [0.3, 0.4) is 0 Å². The van der Waals surface area contributed by atoms with Gasteiger partial charge in [0.2, 0.25) is 100 Å². The molecule has 3 aromatic heterocycles. The molecule has 44 nitrogen and oxygen atoms in total. The summed E-state index contributed by atoms with van der Waals surface area (Å²) in [5.74, 6) is -18.1. The van der Waals surface area contributed by atoms with Gasteiger partial charge in [-0.3, -0.25) is 86.3 Å². The first kappa shape index (κ1) is 106. The summed E-state index contributed by atoms with van der Waals surface area (Å²) < 4.78 is 5.34. The molecule has 45 heteroatoms. The minimum Gasteiger partial charge on any atom is -0.497 e. The number of hydrogen-bond acceptors (Lipinski definition) is 24. The van der Waals surface area contributed by atoms with E-state index in [4.69, 9.17) is 27.7 Å². The zero-order chi connectivity index (χ0) is 99.1. The van der Waals surface area contributed by atoms with Crippen molar-refractivity contribution in [2.24, 2.45) is 22.9 Å². The highest BCUT2D eigenvalue weighted by Gasteiger charge is 2.47. The number of nitrogens with zero attached hydrogens (tertiary/aromatic N) is 6. The van der Waals surface area contributed by atoms with Gasteiger partial charge in [-0.15, -0.1) is 11.8 Å². The van der Waals surface area contributed by atoms with Gasteiger partial charge in [0.25, 0.3) is 0 Å². The number of fused-ring (bicyclic) bond motifs is 4. The van der Waals surface area contributed by atoms with Crippen LogP contribution in [0.2, 0.25) is 0 Å². The van der Waals surface area contributed by atoms with Crippen molar-refractivity contribution < 1.29 is 101 Å². The average Bonchev–Trinajstić information content (AvgIpc) is 1.62. The van der Waals surface area contributed by atoms with Crippen molar-refractivity contribution in [2.45, 2.75) is 233 Å². The SMILES string of the molecule is CCCC[C@H]1C(=O)N(C)[C@@H](CCCC)C(=O)N[C@@H](CCCN)C(=O)N[C@H](C(=O)NCC(N)=O)CSCC(=O)N[C@@H](Cc2ccc(OC)cc2)C(=O)N(C)[C@@H](C)C(=O)N[C@@H](CC(N)=O)C(=O)N2CCC[C@H]2C(=O)N[C@@H](Cc2cnc[nH]2)C(=O)N[C@@H](CCC(=O)O)C(=O)N2C[C@H](O)C[C@H]2C(=O)N[C@@H](Cc2c[nH]c3ccccc23)C(=O)NC(CCN)C(=O)N[C@@H](Cc2c[nH]c3ccccc23)C(=O)N1C. The first-order valence-electron chi connectivity index (χ1n) is 45.5. The number of amides is 17. The number of carbonyl (C=O) groups is 18. The molecule has 0 saturated carbocycles. The molecule has 6 aromatic rings. The summed E-state index contributed by atoms with van der Waals surface area (Å²) in [7, 11) is 5.40. The van der Waals surface area contributed by atoms with Gasteiger partial charge in [0, 0.05) is 125 Å². The number of imidazole rings is 1. The molecule has 0 radical (unpaired) electrons. The Kier molecular flexibility index (Phi) is 40.0. The number of hydrogen-bond donors (Lipinski definition) is 19. The molecular formula is C91H127N23O21S. The summed E-state index contributed by atoms with van der Waals surface area (Å²) in [5, 5.41) is 49.4. The van der Waals surface area contributed by atoms with Gasteiger partial charge in [0.15, 0.2) is 0 Å². The number of rotatable bonds is 28. The number of para-hydroxylation sites is 2. The second-order valence-corrected chi connectivity index (χ2v) is 35.3. The Labute approximate surface area is 789 Å². The number of aromatic amines is 3. The number of aliphatic carboxylic acids is 1. The van der Waals surface area contributed by atoms with E-state index in [9.17, 15) is 58.2 Å². The van der Waals surface area contributed by atoms with Gasteiger partial charge in [-0.25, -0.2) is 4.98 Å². The maximum atomic E-state index is 15.8. The van der Waals surface area contributed by atoms with Crippen LogP contribution in [-0.2, 0) is 112 Å². The average molecular weight is 1910 g/mol. The van der Waals surface area contributed by atoms with Crippen LogP contribution in [0, 0.1) is 0 Å². The van der Waals surface area contributed by atoms with Gasteiger partial charge < -0.3 is 131 Å². The lowest BCUT2D eigenvalue weighted by atomic mass is 9.99. The molecule has 23 N–H and O–H groups in total. The molecule has 0 bridgehead atoms. The van der Waals surface area contributed by atoms with Crippen LogP contribution in [0.15, 0.2) is 97.7 Å². The first-order valence-corrected chi connectivity index (χ1v) is 46.7. The molecule has 15 atom stereocenters. The Morgan fingerprint density at radius 2 is 1.07 bits per heavy atom. The van der Waals surface area contributed by atoms with Crippen LogP contribution in [-0.4, -0.2) is 324 Å². The zero-order valence-corrected chi connectivity index (χ0v) is 78.2. The van der Waals surface area contributed by atoms with Gasteiger partial charge in [-0.2, -0.15) is 0 Å². The normalized spacial score (nSPS) is 24.6. The number of H-pyrrole nitrogens is 3. The monoisotopic (exact) mass is 1910 g/mol. The summed E-state index contributed by atoms with van der Waals surface area (Å²) in [5.41, 5.74) is 26.4.